The number of nitrogens with one attached hydrogen (secondary N) is 1. The molecule has 2 rings (SSSR count). The summed E-state index contributed by atoms with van der Waals surface area (Å²) in [7, 11) is 0. The lowest BCUT2D eigenvalue weighted by Crippen LogP contribution is -1.99. The first-order valence-corrected chi connectivity index (χ1v) is 5.10. The van der Waals surface area contributed by atoms with Crippen molar-refractivity contribution in [3.05, 3.63) is 41.3 Å². The number of aromatic nitrogens is 2. The average molecular weight is 218 g/mol. The second-order valence-corrected chi connectivity index (χ2v) is 3.54. The molecule has 3 N–H and O–H groups in total. The van der Waals surface area contributed by atoms with Gasteiger partial charge in [0.25, 0.3) is 0 Å². The van der Waals surface area contributed by atoms with Gasteiger partial charge in [-0.15, -0.1) is 5.10 Å². The van der Waals surface area contributed by atoms with E-state index in [1.807, 2.05) is 0 Å². The van der Waals surface area contributed by atoms with Crippen LogP contribution in [0.2, 0.25) is 0 Å². The van der Waals surface area contributed by atoms with Crippen molar-refractivity contribution in [1.82, 2.24) is 10.2 Å². The van der Waals surface area contributed by atoms with Crippen molar-refractivity contribution in [1.29, 1.82) is 0 Å². The highest BCUT2D eigenvalue weighted by molar-refractivity contribution is 5.26. The number of benzene rings is 1. The molecular formula is C11H14N4O. The Hall–Kier alpha value is -1.88. The van der Waals surface area contributed by atoms with Gasteiger partial charge < -0.3 is 15.5 Å². The summed E-state index contributed by atoms with van der Waals surface area (Å²) in [5, 5.41) is 10.6. The molecule has 0 saturated carbocycles. The largest absolute Gasteiger partial charge is 0.407 e. The van der Waals surface area contributed by atoms with E-state index in [2.05, 4.69) is 46.7 Å². The molecule has 0 aliphatic rings. The van der Waals surface area contributed by atoms with Gasteiger partial charge >= 0.3 is 6.01 Å². The summed E-state index contributed by atoms with van der Waals surface area (Å²) in [5.41, 5.74) is 7.77. The molecule has 84 valence electrons. The molecule has 5 heteroatoms. The lowest BCUT2D eigenvalue weighted by Gasteiger charge is -2.01. The fourth-order valence-electron chi connectivity index (χ4n) is 1.29. The summed E-state index contributed by atoms with van der Waals surface area (Å²) in [5.74, 6) is 0.436. The fraction of sp³-hybridized carbons (Fsp3) is 0.273. The summed E-state index contributed by atoms with van der Waals surface area (Å²) in [4.78, 5) is 0. The van der Waals surface area contributed by atoms with Crippen molar-refractivity contribution in [2.24, 2.45) is 5.73 Å². The van der Waals surface area contributed by atoms with Gasteiger partial charge in [0.2, 0.25) is 5.89 Å². The molecular weight excluding hydrogens is 204 g/mol. The maximum atomic E-state index is 5.36. The zero-order chi connectivity index (χ0) is 11.4. The Kier molecular flexibility index (Phi) is 3.16. The molecule has 2 aromatic rings. The van der Waals surface area contributed by atoms with Crippen LogP contribution in [0.4, 0.5) is 6.01 Å². The molecule has 0 unspecified atom stereocenters. The van der Waals surface area contributed by atoms with Crippen molar-refractivity contribution in [3.8, 4) is 0 Å². The van der Waals surface area contributed by atoms with Crippen LogP contribution in [0.5, 0.6) is 0 Å². The topological polar surface area (TPSA) is 77.0 Å². The third kappa shape index (κ3) is 2.58. The smallest absolute Gasteiger partial charge is 0.315 e. The van der Waals surface area contributed by atoms with Crippen LogP contribution in [0.25, 0.3) is 0 Å². The van der Waals surface area contributed by atoms with E-state index in [1.54, 1.807) is 0 Å². The number of nitrogens with two attached hydrogens (primary N) is 1. The first-order valence-electron chi connectivity index (χ1n) is 5.10. The standard InChI is InChI=1S/C11H14N4O/c1-8-2-4-9(5-3-8)7-13-11-15-14-10(6-12)16-11/h2-5H,6-7,12H2,1H3,(H,13,15). The molecule has 1 aromatic heterocycles. The van der Waals surface area contributed by atoms with Crippen molar-refractivity contribution in [2.45, 2.75) is 20.0 Å². The summed E-state index contributed by atoms with van der Waals surface area (Å²) in [6, 6.07) is 8.65. The number of rotatable bonds is 4. The minimum Gasteiger partial charge on any atom is -0.407 e. The predicted molar refractivity (Wildman–Crippen MR) is 60.7 cm³/mol. The molecule has 1 heterocycles. The van der Waals surface area contributed by atoms with Gasteiger partial charge in [-0.3, -0.25) is 0 Å². The first-order chi connectivity index (χ1) is 7.78. The molecule has 0 bridgehead atoms. The van der Waals surface area contributed by atoms with Crippen LogP contribution >= 0.6 is 0 Å². The molecule has 0 amide bonds. The van der Waals surface area contributed by atoms with Gasteiger partial charge in [-0.2, -0.15) is 0 Å². The van der Waals surface area contributed by atoms with E-state index in [0.29, 0.717) is 18.5 Å². The Labute approximate surface area is 93.7 Å². The van der Waals surface area contributed by atoms with Crippen LogP contribution in [0.1, 0.15) is 17.0 Å². The quantitative estimate of drug-likeness (QED) is 0.812. The molecule has 16 heavy (non-hydrogen) atoms. The number of aryl methyl sites for hydroxylation is 1. The number of hydrogen-bond acceptors (Lipinski definition) is 5. The molecule has 0 radical (unpaired) electrons. The van der Waals surface area contributed by atoms with E-state index in [9.17, 15) is 0 Å². The van der Waals surface area contributed by atoms with E-state index in [4.69, 9.17) is 10.2 Å². The molecule has 0 aliphatic carbocycles. The first kappa shape index (κ1) is 10.6. The van der Waals surface area contributed by atoms with Gasteiger partial charge in [-0.25, -0.2) is 0 Å². The number of nitrogens with zero attached hydrogens (tertiary/aromatic N) is 2. The van der Waals surface area contributed by atoms with Crippen molar-refractivity contribution in [2.75, 3.05) is 5.32 Å². The van der Waals surface area contributed by atoms with E-state index in [0.717, 1.165) is 5.56 Å². The summed E-state index contributed by atoms with van der Waals surface area (Å²) >= 11 is 0. The van der Waals surface area contributed by atoms with E-state index >= 15 is 0 Å². The third-order valence-electron chi connectivity index (χ3n) is 2.21. The van der Waals surface area contributed by atoms with Gasteiger partial charge in [-0.05, 0) is 12.5 Å². The van der Waals surface area contributed by atoms with Gasteiger partial charge in [-0.1, -0.05) is 34.9 Å². The molecule has 0 saturated heterocycles. The molecule has 5 nitrogen and oxygen atoms in total. The van der Waals surface area contributed by atoms with Crippen molar-refractivity contribution in [3.63, 3.8) is 0 Å². The van der Waals surface area contributed by atoms with E-state index in [1.165, 1.54) is 5.56 Å². The Morgan fingerprint density at radius 3 is 2.62 bits per heavy atom. The minimum absolute atomic E-state index is 0.263. The molecule has 1 aromatic carbocycles. The van der Waals surface area contributed by atoms with Crippen LogP contribution in [0.3, 0.4) is 0 Å². The fourth-order valence-corrected chi connectivity index (χ4v) is 1.29. The Balaban J connectivity index is 1.94. The summed E-state index contributed by atoms with van der Waals surface area (Å²) < 4.78 is 5.22. The highest BCUT2D eigenvalue weighted by atomic mass is 16.4. The maximum Gasteiger partial charge on any atom is 0.315 e. The second-order valence-electron chi connectivity index (χ2n) is 3.54. The summed E-state index contributed by atoms with van der Waals surface area (Å²) in [6.07, 6.45) is 0. The summed E-state index contributed by atoms with van der Waals surface area (Å²) in [6.45, 7) is 2.98. The Morgan fingerprint density at radius 2 is 2.00 bits per heavy atom. The van der Waals surface area contributed by atoms with E-state index in [-0.39, 0.29) is 6.54 Å². The Bertz CT molecular complexity index is 449. The number of anilines is 1. The maximum absolute atomic E-state index is 5.36. The highest BCUT2D eigenvalue weighted by Gasteiger charge is 2.02. The van der Waals surface area contributed by atoms with Crippen LogP contribution < -0.4 is 11.1 Å². The second kappa shape index (κ2) is 4.76. The lowest BCUT2D eigenvalue weighted by molar-refractivity contribution is 0.507. The van der Waals surface area contributed by atoms with Crippen molar-refractivity contribution < 1.29 is 4.42 Å². The lowest BCUT2D eigenvalue weighted by atomic mass is 10.1. The molecule has 0 spiro atoms. The van der Waals surface area contributed by atoms with Gasteiger partial charge in [0.1, 0.15) is 0 Å². The van der Waals surface area contributed by atoms with Crippen molar-refractivity contribution >= 4 is 6.01 Å². The van der Waals surface area contributed by atoms with Crippen LogP contribution in [0, 0.1) is 6.92 Å². The number of hydrogen-bond donors (Lipinski definition) is 2. The van der Waals surface area contributed by atoms with Gasteiger partial charge in [0, 0.05) is 6.54 Å². The zero-order valence-corrected chi connectivity index (χ0v) is 9.10. The van der Waals surface area contributed by atoms with Crippen LogP contribution in [-0.4, -0.2) is 10.2 Å². The average Bonchev–Trinajstić information content (AvgIpc) is 2.76. The predicted octanol–water partition coefficient (Wildman–Crippen LogP) is 1.45. The van der Waals surface area contributed by atoms with Crippen LogP contribution in [-0.2, 0) is 13.1 Å². The Morgan fingerprint density at radius 1 is 1.25 bits per heavy atom. The van der Waals surface area contributed by atoms with E-state index < -0.39 is 0 Å². The third-order valence-corrected chi connectivity index (χ3v) is 2.21. The van der Waals surface area contributed by atoms with Crippen LogP contribution in [0.15, 0.2) is 28.7 Å². The normalized spacial score (nSPS) is 10.4. The monoisotopic (exact) mass is 218 g/mol. The zero-order valence-electron chi connectivity index (χ0n) is 9.10. The van der Waals surface area contributed by atoms with Gasteiger partial charge in [0.15, 0.2) is 0 Å². The highest BCUT2D eigenvalue weighted by Crippen LogP contribution is 2.08. The minimum atomic E-state index is 0.263. The van der Waals surface area contributed by atoms with Gasteiger partial charge in [0.05, 0.1) is 6.54 Å². The molecule has 0 atom stereocenters. The molecule has 0 aliphatic heterocycles. The molecule has 0 fully saturated rings. The SMILES string of the molecule is Cc1ccc(CNc2nnc(CN)o2)cc1.